The van der Waals surface area contributed by atoms with Crippen molar-refractivity contribution in [2.24, 2.45) is 0 Å². The van der Waals surface area contributed by atoms with Crippen LogP contribution in [0, 0.1) is 0 Å². The molecule has 2 aliphatic heterocycles. The molecule has 2 atom stereocenters. The lowest BCUT2D eigenvalue weighted by Gasteiger charge is -2.36. The SMILES string of the molecule is COc1ccc(Cl)cc1N1C(=O)c2n[nH]c(C3(C)CC3)c2C12C(=O)NC1=CC(Cl)CC=C12. The third-order valence-corrected chi connectivity index (χ3v) is 7.55. The smallest absolute Gasteiger partial charge is 0.280 e. The maximum Gasteiger partial charge on any atom is 0.280 e. The van der Waals surface area contributed by atoms with Crippen LogP contribution < -0.4 is 15.0 Å². The van der Waals surface area contributed by atoms with E-state index in [1.807, 2.05) is 12.2 Å². The first-order valence-electron chi connectivity index (χ1n) is 10.5. The minimum atomic E-state index is -1.42. The van der Waals surface area contributed by atoms with Crippen LogP contribution in [0.25, 0.3) is 0 Å². The number of aromatic nitrogens is 2. The molecule has 7 nitrogen and oxygen atoms in total. The average Bonchev–Trinajstić information content (AvgIpc) is 3.14. The predicted molar refractivity (Wildman–Crippen MR) is 120 cm³/mol. The number of ether oxygens (including phenoxy) is 1. The zero-order chi connectivity index (χ0) is 22.4. The van der Waals surface area contributed by atoms with Crippen LogP contribution in [-0.4, -0.2) is 34.5 Å². The molecule has 1 spiro atoms. The number of nitrogens with zero attached hydrogens (tertiary/aromatic N) is 2. The highest BCUT2D eigenvalue weighted by Gasteiger charge is 2.66. The van der Waals surface area contributed by atoms with Crippen LogP contribution in [0.5, 0.6) is 5.75 Å². The van der Waals surface area contributed by atoms with Gasteiger partial charge in [0.1, 0.15) is 5.75 Å². The number of nitrogens with one attached hydrogen (secondary N) is 2. The predicted octanol–water partition coefficient (Wildman–Crippen LogP) is 3.93. The second kappa shape index (κ2) is 6.39. The molecule has 2 unspecified atom stereocenters. The molecule has 6 rings (SSSR count). The molecule has 1 saturated heterocycles. The fourth-order valence-corrected chi connectivity index (χ4v) is 5.54. The van der Waals surface area contributed by atoms with Gasteiger partial charge in [0.05, 0.1) is 18.2 Å². The van der Waals surface area contributed by atoms with Crippen LogP contribution in [0.15, 0.2) is 41.6 Å². The highest BCUT2D eigenvalue weighted by Crippen LogP contribution is 2.59. The standard InChI is InChI=1S/C23H20Cl2N4O3/c1-22(7-8-22)19-17-18(27-28-19)20(30)29(15-10-12(25)4-6-16(15)32-2)23(17)13-5-3-11(24)9-14(13)26-21(23)31/h4-6,9-11H,3,7-8H2,1-2H3,(H,26,31)(H,27,28). The van der Waals surface area contributed by atoms with Gasteiger partial charge in [0.15, 0.2) is 11.2 Å². The number of anilines is 1. The van der Waals surface area contributed by atoms with E-state index in [9.17, 15) is 9.59 Å². The number of allylic oxidation sites excluding steroid dienone is 2. The van der Waals surface area contributed by atoms with Crippen LogP contribution in [0.1, 0.15) is 47.9 Å². The van der Waals surface area contributed by atoms with Crippen molar-refractivity contribution < 1.29 is 14.3 Å². The summed E-state index contributed by atoms with van der Waals surface area (Å²) in [6.45, 7) is 2.12. The molecule has 164 valence electrons. The molecule has 9 heteroatoms. The summed E-state index contributed by atoms with van der Waals surface area (Å²) in [5.41, 5.74) is 1.88. The highest BCUT2D eigenvalue weighted by molar-refractivity contribution is 6.31. The highest BCUT2D eigenvalue weighted by atomic mass is 35.5. The largest absolute Gasteiger partial charge is 0.495 e. The zero-order valence-corrected chi connectivity index (χ0v) is 19.0. The van der Waals surface area contributed by atoms with Crippen molar-refractivity contribution in [3.8, 4) is 5.75 Å². The molecule has 4 aliphatic rings. The average molecular weight is 471 g/mol. The summed E-state index contributed by atoms with van der Waals surface area (Å²) in [5, 5.41) is 10.7. The minimum absolute atomic E-state index is 0.153. The molecule has 1 saturated carbocycles. The molecule has 0 bridgehead atoms. The van der Waals surface area contributed by atoms with Gasteiger partial charge in [-0.05, 0) is 43.5 Å². The molecule has 1 aromatic heterocycles. The Morgan fingerprint density at radius 2 is 2.06 bits per heavy atom. The zero-order valence-electron chi connectivity index (χ0n) is 17.5. The van der Waals surface area contributed by atoms with Crippen LogP contribution >= 0.6 is 23.2 Å². The number of halogens is 2. The Hall–Kier alpha value is -2.77. The summed E-state index contributed by atoms with van der Waals surface area (Å²) >= 11 is 12.7. The van der Waals surface area contributed by atoms with E-state index < -0.39 is 5.54 Å². The number of hydrogen-bond acceptors (Lipinski definition) is 4. The van der Waals surface area contributed by atoms with Gasteiger partial charge >= 0.3 is 0 Å². The van der Waals surface area contributed by atoms with E-state index in [4.69, 9.17) is 27.9 Å². The first-order valence-corrected chi connectivity index (χ1v) is 11.3. The number of aromatic amines is 1. The molecule has 3 heterocycles. The Bertz CT molecular complexity index is 1280. The van der Waals surface area contributed by atoms with Crippen LogP contribution in [0.4, 0.5) is 5.69 Å². The van der Waals surface area contributed by atoms with E-state index in [1.54, 1.807) is 18.2 Å². The summed E-state index contributed by atoms with van der Waals surface area (Å²) in [5.74, 6) is -0.258. The number of fused-ring (bicyclic) bond motifs is 4. The summed E-state index contributed by atoms with van der Waals surface area (Å²) < 4.78 is 5.57. The Labute approximate surface area is 194 Å². The first kappa shape index (κ1) is 19.9. The van der Waals surface area contributed by atoms with E-state index >= 15 is 0 Å². The monoisotopic (exact) mass is 470 g/mol. The van der Waals surface area contributed by atoms with Gasteiger partial charge in [-0.3, -0.25) is 19.6 Å². The quantitative estimate of drug-likeness (QED) is 0.665. The fourth-order valence-electron chi connectivity index (χ4n) is 5.16. The van der Waals surface area contributed by atoms with Gasteiger partial charge in [-0.25, -0.2) is 0 Å². The van der Waals surface area contributed by atoms with Gasteiger partial charge in [0.25, 0.3) is 11.8 Å². The maximum absolute atomic E-state index is 13.9. The van der Waals surface area contributed by atoms with Gasteiger partial charge in [-0.2, -0.15) is 5.10 Å². The Morgan fingerprint density at radius 1 is 1.28 bits per heavy atom. The Kier molecular flexibility index (Phi) is 3.97. The van der Waals surface area contributed by atoms with Crippen molar-refractivity contribution in [3.63, 3.8) is 0 Å². The van der Waals surface area contributed by atoms with Gasteiger partial charge in [0, 0.05) is 33.0 Å². The van der Waals surface area contributed by atoms with Crippen LogP contribution in [0.2, 0.25) is 5.02 Å². The van der Waals surface area contributed by atoms with Crippen molar-refractivity contribution in [2.75, 3.05) is 12.0 Å². The lowest BCUT2D eigenvalue weighted by atomic mass is 9.79. The number of H-pyrrole nitrogens is 1. The normalized spacial score (nSPS) is 27.1. The van der Waals surface area contributed by atoms with Gasteiger partial charge < -0.3 is 10.1 Å². The van der Waals surface area contributed by atoms with Crippen molar-refractivity contribution in [2.45, 2.75) is 42.5 Å². The minimum Gasteiger partial charge on any atom is -0.495 e. The van der Waals surface area contributed by atoms with Gasteiger partial charge in [-0.15, -0.1) is 11.6 Å². The van der Waals surface area contributed by atoms with Gasteiger partial charge in [0.2, 0.25) is 0 Å². The summed E-state index contributed by atoms with van der Waals surface area (Å²) in [6, 6.07) is 5.03. The van der Waals surface area contributed by atoms with Crippen molar-refractivity contribution in [3.05, 3.63) is 63.6 Å². The number of alkyl halides is 1. The molecule has 2 fully saturated rings. The van der Waals surface area contributed by atoms with Crippen LogP contribution in [-0.2, 0) is 15.7 Å². The molecule has 2 aromatic rings. The molecule has 32 heavy (non-hydrogen) atoms. The number of amides is 2. The van der Waals surface area contributed by atoms with E-state index in [0.717, 1.165) is 18.5 Å². The first-order chi connectivity index (χ1) is 15.3. The number of carbonyl (C=O) groups is 2. The summed E-state index contributed by atoms with van der Waals surface area (Å²) in [7, 11) is 1.52. The third-order valence-electron chi connectivity index (χ3n) is 7.01. The van der Waals surface area contributed by atoms with Crippen molar-refractivity contribution in [1.82, 2.24) is 15.5 Å². The van der Waals surface area contributed by atoms with E-state index in [2.05, 4.69) is 22.4 Å². The Morgan fingerprint density at radius 3 is 2.78 bits per heavy atom. The molecule has 1 aromatic carbocycles. The topological polar surface area (TPSA) is 87.3 Å². The summed E-state index contributed by atoms with van der Waals surface area (Å²) in [6.07, 6.45) is 6.24. The molecule has 0 radical (unpaired) electrons. The van der Waals surface area contributed by atoms with E-state index in [-0.39, 0.29) is 28.3 Å². The number of hydrogen-bond donors (Lipinski definition) is 2. The summed E-state index contributed by atoms with van der Waals surface area (Å²) in [4.78, 5) is 29.3. The molecule has 2 amide bonds. The van der Waals surface area contributed by atoms with E-state index in [0.29, 0.717) is 39.7 Å². The van der Waals surface area contributed by atoms with Crippen LogP contribution in [0.3, 0.4) is 0 Å². The third kappa shape index (κ3) is 2.35. The molecular weight excluding hydrogens is 451 g/mol. The lowest BCUT2D eigenvalue weighted by Crippen LogP contribution is -2.51. The van der Waals surface area contributed by atoms with Gasteiger partial charge in [-0.1, -0.05) is 24.6 Å². The second-order valence-electron chi connectivity index (χ2n) is 8.95. The van der Waals surface area contributed by atoms with Crippen molar-refractivity contribution in [1.29, 1.82) is 0 Å². The number of methoxy groups -OCH3 is 1. The Balaban J connectivity index is 1.69. The number of benzene rings is 1. The second-order valence-corrected chi connectivity index (χ2v) is 9.95. The molecule has 2 N–H and O–H groups in total. The lowest BCUT2D eigenvalue weighted by molar-refractivity contribution is -0.122. The molecule has 2 aliphatic carbocycles. The fraction of sp³-hybridized carbons (Fsp3) is 0.348. The number of carbonyl (C=O) groups excluding carboxylic acids is 2. The maximum atomic E-state index is 13.9. The molecular formula is C23H20Cl2N4O3. The van der Waals surface area contributed by atoms with Crippen molar-refractivity contribution >= 4 is 40.7 Å². The van der Waals surface area contributed by atoms with E-state index in [1.165, 1.54) is 12.0 Å². The number of rotatable bonds is 3.